The van der Waals surface area contributed by atoms with Crippen molar-refractivity contribution in [2.75, 3.05) is 7.11 Å². The van der Waals surface area contributed by atoms with Crippen LogP contribution in [0.5, 0.6) is 5.75 Å². The van der Waals surface area contributed by atoms with E-state index in [1.54, 1.807) is 31.6 Å². The van der Waals surface area contributed by atoms with Crippen LogP contribution >= 0.6 is 0 Å². The Hall–Kier alpha value is -2.47. The highest BCUT2D eigenvalue weighted by Crippen LogP contribution is 2.38. The molecule has 6 heteroatoms. The molecule has 1 unspecified atom stereocenters. The summed E-state index contributed by atoms with van der Waals surface area (Å²) in [5.74, 6) is 0.540. The van der Waals surface area contributed by atoms with Gasteiger partial charge in [0.15, 0.2) is 0 Å². The van der Waals surface area contributed by atoms with Gasteiger partial charge in [-0.2, -0.15) is 0 Å². The molecule has 3 rings (SSSR count). The van der Waals surface area contributed by atoms with E-state index in [0.29, 0.717) is 31.4 Å². The number of rotatable bonds is 8. The SMILES string of the molecule is COc1cncc(C(NC(=O)CCCc2ccc(F)cc2)C2CC(O)C2)c1. The Balaban J connectivity index is 1.58. The largest absolute Gasteiger partial charge is 0.495 e. The fraction of sp³-hybridized carbons (Fsp3) is 0.429. The number of hydrogen-bond acceptors (Lipinski definition) is 4. The van der Waals surface area contributed by atoms with Crippen molar-refractivity contribution in [2.24, 2.45) is 5.92 Å². The molecule has 2 aromatic rings. The van der Waals surface area contributed by atoms with Crippen LogP contribution in [0.15, 0.2) is 42.7 Å². The third-order valence-corrected chi connectivity index (χ3v) is 5.05. The van der Waals surface area contributed by atoms with Crippen molar-refractivity contribution in [3.63, 3.8) is 0 Å². The Morgan fingerprint density at radius 2 is 2.07 bits per heavy atom. The number of hydrogen-bond donors (Lipinski definition) is 2. The smallest absolute Gasteiger partial charge is 0.220 e. The first-order valence-electron chi connectivity index (χ1n) is 9.26. The zero-order valence-electron chi connectivity index (χ0n) is 15.4. The molecule has 1 atom stereocenters. The second kappa shape index (κ2) is 8.95. The van der Waals surface area contributed by atoms with Crippen LogP contribution in [0.25, 0.3) is 0 Å². The molecule has 0 bridgehead atoms. The summed E-state index contributed by atoms with van der Waals surface area (Å²) in [4.78, 5) is 16.6. The zero-order chi connectivity index (χ0) is 19.2. The Labute approximate surface area is 158 Å². The summed E-state index contributed by atoms with van der Waals surface area (Å²) in [7, 11) is 1.58. The van der Waals surface area contributed by atoms with E-state index >= 15 is 0 Å². The lowest BCUT2D eigenvalue weighted by Crippen LogP contribution is -2.41. The van der Waals surface area contributed by atoms with Gasteiger partial charge in [-0.05, 0) is 60.9 Å². The fourth-order valence-electron chi connectivity index (χ4n) is 3.44. The van der Waals surface area contributed by atoms with Crippen LogP contribution in [0.3, 0.4) is 0 Å². The van der Waals surface area contributed by atoms with Crippen molar-refractivity contribution in [1.29, 1.82) is 0 Å². The molecule has 27 heavy (non-hydrogen) atoms. The summed E-state index contributed by atoms with van der Waals surface area (Å²) in [6.45, 7) is 0. The van der Waals surface area contributed by atoms with E-state index in [2.05, 4.69) is 10.3 Å². The molecule has 0 radical (unpaired) electrons. The van der Waals surface area contributed by atoms with Crippen molar-refractivity contribution in [2.45, 2.75) is 44.2 Å². The second-order valence-corrected chi connectivity index (χ2v) is 7.07. The molecule has 2 N–H and O–H groups in total. The molecule has 1 fully saturated rings. The summed E-state index contributed by atoms with van der Waals surface area (Å²) in [6, 6.07) is 8.05. The number of methoxy groups -OCH3 is 1. The van der Waals surface area contributed by atoms with Gasteiger partial charge in [0.1, 0.15) is 11.6 Å². The molecule has 1 aliphatic carbocycles. The number of aryl methyl sites for hydroxylation is 1. The summed E-state index contributed by atoms with van der Waals surface area (Å²) < 4.78 is 18.2. The molecule has 1 heterocycles. The molecular weight excluding hydrogens is 347 g/mol. The lowest BCUT2D eigenvalue weighted by atomic mass is 9.75. The number of aliphatic hydroxyl groups excluding tert-OH is 1. The third-order valence-electron chi connectivity index (χ3n) is 5.05. The van der Waals surface area contributed by atoms with E-state index in [1.807, 2.05) is 6.07 Å². The number of amides is 1. The quantitative estimate of drug-likeness (QED) is 0.747. The molecule has 1 saturated carbocycles. The molecule has 144 valence electrons. The van der Waals surface area contributed by atoms with Crippen LogP contribution in [0.4, 0.5) is 4.39 Å². The minimum atomic E-state index is -0.300. The van der Waals surface area contributed by atoms with Crippen molar-refractivity contribution in [3.05, 3.63) is 59.7 Å². The topological polar surface area (TPSA) is 71.5 Å². The van der Waals surface area contributed by atoms with Gasteiger partial charge in [0.2, 0.25) is 5.91 Å². The summed E-state index contributed by atoms with van der Waals surface area (Å²) in [5.41, 5.74) is 1.90. The van der Waals surface area contributed by atoms with E-state index in [0.717, 1.165) is 17.5 Å². The van der Waals surface area contributed by atoms with E-state index in [-0.39, 0.29) is 29.8 Å². The van der Waals surface area contributed by atoms with Gasteiger partial charge in [0.05, 0.1) is 25.5 Å². The molecule has 5 nitrogen and oxygen atoms in total. The first kappa shape index (κ1) is 19.3. The summed E-state index contributed by atoms with van der Waals surface area (Å²) >= 11 is 0. The Morgan fingerprint density at radius 3 is 2.74 bits per heavy atom. The number of nitrogens with one attached hydrogen (secondary N) is 1. The van der Waals surface area contributed by atoms with Crippen molar-refractivity contribution in [1.82, 2.24) is 10.3 Å². The van der Waals surface area contributed by atoms with Crippen LogP contribution in [0.2, 0.25) is 0 Å². The standard InChI is InChI=1S/C21H25FN2O3/c1-27-19-11-16(12-23-13-19)21(15-9-18(25)10-15)24-20(26)4-2-3-14-5-7-17(22)8-6-14/h5-8,11-13,15,18,21,25H,2-4,9-10H2,1H3,(H,24,26). The maximum atomic E-state index is 12.9. The monoisotopic (exact) mass is 372 g/mol. The predicted molar refractivity (Wildman–Crippen MR) is 99.7 cm³/mol. The van der Waals surface area contributed by atoms with Gasteiger partial charge in [-0.25, -0.2) is 4.39 Å². The molecule has 0 saturated heterocycles. The van der Waals surface area contributed by atoms with Gasteiger partial charge in [-0.3, -0.25) is 9.78 Å². The van der Waals surface area contributed by atoms with E-state index in [1.165, 1.54) is 12.1 Å². The fourth-order valence-corrected chi connectivity index (χ4v) is 3.44. The Bertz CT molecular complexity index is 760. The van der Waals surface area contributed by atoms with Crippen molar-refractivity contribution >= 4 is 5.91 Å². The third kappa shape index (κ3) is 5.26. The number of halogens is 1. The maximum absolute atomic E-state index is 12.9. The molecule has 1 amide bonds. The average molecular weight is 372 g/mol. The van der Waals surface area contributed by atoms with Crippen LogP contribution < -0.4 is 10.1 Å². The van der Waals surface area contributed by atoms with E-state index in [4.69, 9.17) is 4.74 Å². The van der Waals surface area contributed by atoms with Gasteiger partial charge < -0.3 is 15.2 Å². The minimum absolute atomic E-state index is 0.0358. The minimum Gasteiger partial charge on any atom is -0.495 e. The van der Waals surface area contributed by atoms with Gasteiger partial charge >= 0.3 is 0 Å². The van der Waals surface area contributed by atoms with Crippen LogP contribution in [-0.2, 0) is 11.2 Å². The second-order valence-electron chi connectivity index (χ2n) is 7.07. The molecule has 1 aromatic carbocycles. The maximum Gasteiger partial charge on any atom is 0.220 e. The van der Waals surface area contributed by atoms with E-state index in [9.17, 15) is 14.3 Å². The highest BCUT2D eigenvalue weighted by Gasteiger charge is 2.35. The number of pyridine rings is 1. The lowest BCUT2D eigenvalue weighted by Gasteiger charge is -2.38. The van der Waals surface area contributed by atoms with Gasteiger partial charge in [-0.15, -0.1) is 0 Å². The number of aliphatic hydroxyl groups is 1. The van der Waals surface area contributed by atoms with Crippen LogP contribution in [0.1, 0.15) is 42.9 Å². The van der Waals surface area contributed by atoms with Crippen LogP contribution in [0, 0.1) is 11.7 Å². The number of carbonyl (C=O) groups excluding carboxylic acids is 1. The van der Waals surface area contributed by atoms with Gasteiger partial charge in [-0.1, -0.05) is 12.1 Å². The Morgan fingerprint density at radius 1 is 1.33 bits per heavy atom. The highest BCUT2D eigenvalue weighted by molar-refractivity contribution is 5.76. The molecule has 0 aliphatic heterocycles. The zero-order valence-corrected chi connectivity index (χ0v) is 15.4. The molecular formula is C21H25FN2O3. The number of aromatic nitrogens is 1. The number of nitrogens with zero attached hydrogens (tertiary/aromatic N) is 1. The molecule has 1 aliphatic rings. The van der Waals surface area contributed by atoms with Gasteiger partial charge in [0, 0.05) is 12.6 Å². The predicted octanol–water partition coefficient (Wildman–Crippen LogP) is 3.18. The number of carbonyl (C=O) groups is 1. The molecule has 0 spiro atoms. The Kier molecular flexibility index (Phi) is 6.40. The average Bonchev–Trinajstić information content (AvgIpc) is 2.65. The number of benzene rings is 1. The van der Waals surface area contributed by atoms with E-state index < -0.39 is 0 Å². The first-order valence-corrected chi connectivity index (χ1v) is 9.26. The lowest BCUT2D eigenvalue weighted by molar-refractivity contribution is -0.123. The normalized spacial score (nSPS) is 19.8. The van der Waals surface area contributed by atoms with Crippen molar-refractivity contribution < 1.29 is 19.0 Å². The number of ether oxygens (including phenoxy) is 1. The van der Waals surface area contributed by atoms with Crippen molar-refractivity contribution in [3.8, 4) is 5.75 Å². The van der Waals surface area contributed by atoms with Gasteiger partial charge in [0.25, 0.3) is 0 Å². The first-order chi connectivity index (χ1) is 13.0. The van der Waals surface area contributed by atoms with Crippen LogP contribution in [-0.4, -0.2) is 29.2 Å². The molecule has 1 aromatic heterocycles. The highest BCUT2D eigenvalue weighted by atomic mass is 19.1. The summed E-state index contributed by atoms with van der Waals surface area (Å²) in [5, 5.41) is 12.8. The summed E-state index contributed by atoms with van der Waals surface area (Å²) in [6.07, 6.45) is 6.19.